The number of imidazole rings is 1. The normalized spacial score (nSPS) is 10.7. The van der Waals surface area contributed by atoms with Crippen molar-refractivity contribution in [2.75, 3.05) is 17.7 Å². The summed E-state index contributed by atoms with van der Waals surface area (Å²) in [5, 5.41) is 5.26. The van der Waals surface area contributed by atoms with Crippen molar-refractivity contribution < 1.29 is 23.1 Å². The lowest BCUT2D eigenvalue weighted by Gasteiger charge is -2.07. The van der Waals surface area contributed by atoms with Gasteiger partial charge in [-0.1, -0.05) is 0 Å². The number of H-pyrrole nitrogens is 1. The third-order valence-corrected chi connectivity index (χ3v) is 4.50. The average molecular weight is 422 g/mol. The van der Waals surface area contributed by atoms with Crippen LogP contribution < -0.4 is 10.6 Å². The highest BCUT2D eigenvalue weighted by molar-refractivity contribution is 6.05. The minimum Gasteiger partial charge on any atom is -0.453 e. The van der Waals surface area contributed by atoms with E-state index in [1.807, 2.05) is 0 Å². The van der Waals surface area contributed by atoms with E-state index in [4.69, 9.17) is 0 Å². The van der Waals surface area contributed by atoms with Gasteiger partial charge in [-0.2, -0.15) is 0 Å². The van der Waals surface area contributed by atoms with E-state index >= 15 is 0 Å². The number of anilines is 2. The first-order valence-electron chi connectivity index (χ1n) is 9.14. The summed E-state index contributed by atoms with van der Waals surface area (Å²) in [4.78, 5) is 31.0. The Kier molecular flexibility index (Phi) is 5.31. The van der Waals surface area contributed by atoms with Crippen LogP contribution in [-0.4, -0.2) is 29.1 Å². The molecule has 0 aliphatic heterocycles. The van der Waals surface area contributed by atoms with Crippen molar-refractivity contribution in [3.63, 3.8) is 0 Å². The number of methoxy groups -OCH3 is 1. The van der Waals surface area contributed by atoms with Crippen LogP contribution in [0.15, 0.2) is 60.7 Å². The van der Waals surface area contributed by atoms with Gasteiger partial charge >= 0.3 is 6.09 Å². The molecule has 0 atom stereocenters. The molecule has 1 heterocycles. The second-order valence-corrected chi connectivity index (χ2v) is 6.59. The maximum Gasteiger partial charge on any atom is 0.411 e. The van der Waals surface area contributed by atoms with Gasteiger partial charge in [-0.25, -0.2) is 18.6 Å². The molecule has 0 unspecified atom stereocenters. The fourth-order valence-electron chi connectivity index (χ4n) is 2.97. The minimum atomic E-state index is -0.609. The zero-order valence-electron chi connectivity index (χ0n) is 16.2. The number of hydrogen-bond acceptors (Lipinski definition) is 4. The number of hydrogen-bond donors (Lipinski definition) is 3. The van der Waals surface area contributed by atoms with Crippen LogP contribution in [0.3, 0.4) is 0 Å². The molecule has 9 heteroatoms. The second kappa shape index (κ2) is 8.23. The third kappa shape index (κ3) is 4.35. The first-order valence-corrected chi connectivity index (χ1v) is 9.14. The molecule has 0 bridgehead atoms. The summed E-state index contributed by atoms with van der Waals surface area (Å²) >= 11 is 0. The van der Waals surface area contributed by atoms with E-state index in [2.05, 4.69) is 25.3 Å². The number of carbonyl (C=O) groups excluding carboxylic acids is 2. The first-order chi connectivity index (χ1) is 14.9. The number of halogens is 2. The molecule has 4 aromatic rings. The fraction of sp³-hybridized carbons (Fsp3) is 0.0455. The molecule has 0 saturated carbocycles. The van der Waals surface area contributed by atoms with Crippen LogP contribution in [-0.2, 0) is 4.74 Å². The van der Waals surface area contributed by atoms with Gasteiger partial charge < -0.3 is 15.0 Å². The maximum atomic E-state index is 14.0. The Balaban J connectivity index is 1.53. The molecule has 0 radical (unpaired) electrons. The van der Waals surface area contributed by atoms with Crippen LogP contribution in [0.1, 0.15) is 10.4 Å². The van der Waals surface area contributed by atoms with Crippen LogP contribution in [0.4, 0.5) is 25.0 Å². The summed E-state index contributed by atoms with van der Waals surface area (Å²) in [5.74, 6) is -1.35. The van der Waals surface area contributed by atoms with E-state index in [0.717, 1.165) is 18.2 Å². The lowest BCUT2D eigenvalue weighted by molar-refractivity contribution is 0.102. The third-order valence-electron chi connectivity index (χ3n) is 4.50. The topological polar surface area (TPSA) is 96.1 Å². The van der Waals surface area contributed by atoms with Gasteiger partial charge in [-0.05, 0) is 60.7 Å². The Bertz CT molecular complexity index is 1290. The molecule has 4 rings (SSSR count). The van der Waals surface area contributed by atoms with Gasteiger partial charge in [0.05, 0.1) is 23.7 Å². The van der Waals surface area contributed by atoms with Crippen molar-refractivity contribution in [3.8, 4) is 11.4 Å². The molecular formula is C22H16F2N4O3. The Morgan fingerprint density at radius 2 is 1.68 bits per heavy atom. The summed E-state index contributed by atoms with van der Waals surface area (Å²) in [6.07, 6.45) is -0.609. The van der Waals surface area contributed by atoms with Crippen molar-refractivity contribution in [2.45, 2.75) is 0 Å². The monoisotopic (exact) mass is 422 g/mol. The molecule has 0 saturated heterocycles. The summed E-state index contributed by atoms with van der Waals surface area (Å²) in [6.45, 7) is 0. The number of aromatic amines is 1. The standard InChI is InChI=1S/C22H16F2N4O3/c1-31-22(30)26-14-5-2-12(3-6-14)21(29)25-15-7-9-18-19(11-15)28-20(27-18)16-10-13(23)4-8-17(16)24/h2-11H,1H3,(H,25,29)(H,26,30)(H,27,28). The fourth-order valence-corrected chi connectivity index (χ4v) is 2.97. The summed E-state index contributed by atoms with van der Waals surface area (Å²) in [6, 6.07) is 14.4. The van der Waals surface area contributed by atoms with Crippen molar-refractivity contribution in [1.29, 1.82) is 0 Å². The molecule has 3 aromatic carbocycles. The largest absolute Gasteiger partial charge is 0.453 e. The second-order valence-electron chi connectivity index (χ2n) is 6.59. The van der Waals surface area contributed by atoms with Gasteiger partial charge in [-0.3, -0.25) is 10.1 Å². The molecule has 0 aliphatic carbocycles. The zero-order chi connectivity index (χ0) is 22.0. The van der Waals surface area contributed by atoms with Crippen LogP contribution >= 0.6 is 0 Å². The van der Waals surface area contributed by atoms with Crippen LogP contribution in [0.2, 0.25) is 0 Å². The van der Waals surface area contributed by atoms with E-state index in [9.17, 15) is 18.4 Å². The number of nitrogens with zero attached hydrogens (tertiary/aromatic N) is 1. The van der Waals surface area contributed by atoms with Crippen LogP contribution in [0.25, 0.3) is 22.4 Å². The van der Waals surface area contributed by atoms with Gasteiger partial charge in [-0.15, -0.1) is 0 Å². The molecule has 31 heavy (non-hydrogen) atoms. The van der Waals surface area contributed by atoms with Gasteiger partial charge in [0.15, 0.2) is 0 Å². The van der Waals surface area contributed by atoms with E-state index in [1.54, 1.807) is 42.5 Å². The van der Waals surface area contributed by atoms with Gasteiger partial charge in [0.2, 0.25) is 0 Å². The van der Waals surface area contributed by atoms with Crippen molar-refractivity contribution in [1.82, 2.24) is 9.97 Å². The van der Waals surface area contributed by atoms with E-state index < -0.39 is 17.7 Å². The number of benzene rings is 3. The van der Waals surface area contributed by atoms with Crippen LogP contribution in [0, 0.1) is 11.6 Å². The highest BCUT2D eigenvalue weighted by Gasteiger charge is 2.13. The molecular weight excluding hydrogens is 406 g/mol. The number of aromatic nitrogens is 2. The van der Waals surface area contributed by atoms with Crippen molar-refractivity contribution >= 4 is 34.4 Å². The Hall–Kier alpha value is -4.27. The lowest BCUT2D eigenvalue weighted by Crippen LogP contribution is -2.13. The SMILES string of the molecule is COC(=O)Nc1ccc(C(=O)Nc2ccc3nc(-c4cc(F)ccc4F)[nH]c3c2)cc1. The van der Waals surface area contributed by atoms with Gasteiger partial charge in [0.25, 0.3) is 5.91 Å². The number of carbonyl (C=O) groups is 2. The van der Waals surface area contributed by atoms with E-state index in [1.165, 1.54) is 7.11 Å². The quantitative estimate of drug-likeness (QED) is 0.434. The molecule has 7 nitrogen and oxygen atoms in total. The summed E-state index contributed by atoms with van der Waals surface area (Å²) in [7, 11) is 1.26. The zero-order valence-corrected chi connectivity index (χ0v) is 16.2. The molecule has 2 amide bonds. The van der Waals surface area contributed by atoms with E-state index in [0.29, 0.717) is 28.0 Å². The number of rotatable bonds is 4. The molecule has 0 fully saturated rings. The number of nitrogens with one attached hydrogen (secondary N) is 3. The summed E-state index contributed by atoms with van der Waals surface area (Å²) in [5.41, 5.74) is 2.46. The summed E-state index contributed by atoms with van der Waals surface area (Å²) < 4.78 is 32.0. The average Bonchev–Trinajstić information content (AvgIpc) is 3.19. The maximum absolute atomic E-state index is 14.0. The van der Waals surface area contributed by atoms with Crippen molar-refractivity contribution in [2.24, 2.45) is 0 Å². The van der Waals surface area contributed by atoms with Crippen LogP contribution in [0.5, 0.6) is 0 Å². The first kappa shape index (κ1) is 20.0. The highest BCUT2D eigenvalue weighted by Crippen LogP contribution is 2.25. The molecule has 0 aliphatic rings. The molecule has 156 valence electrons. The number of amides is 2. The lowest BCUT2D eigenvalue weighted by atomic mass is 10.2. The van der Waals surface area contributed by atoms with E-state index in [-0.39, 0.29) is 17.3 Å². The Morgan fingerprint density at radius 1 is 0.935 bits per heavy atom. The Morgan fingerprint density at radius 3 is 2.42 bits per heavy atom. The van der Waals surface area contributed by atoms with Gasteiger partial charge in [0.1, 0.15) is 17.5 Å². The smallest absolute Gasteiger partial charge is 0.411 e. The predicted molar refractivity (Wildman–Crippen MR) is 112 cm³/mol. The van der Waals surface area contributed by atoms with Gasteiger partial charge in [0, 0.05) is 16.9 Å². The predicted octanol–water partition coefficient (Wildman–Crippen LogP) is 4.94. The number of fused-ring (bicyclic) bond motifs is 1. The van der Waals surface area contributed by atoms with Crippen molar-refractivity contribution in [3.05, 3.63) is 77.9 Å². The molecule has 1 aromatic heterocycles. The molecule has 3 N–H and O–H groups in total. The Labute approximate surface area is 175 Å². The number of ether oxygens (including phenoxy) is 1. The molecule has 0 spiro atoms. The minimum absolute atomic E-state index is 0.0161. The highest BCUT2D eigenvalue weighted by atomic mass is 19.1.